The van der Waals surface area contributed by atoms with E-state index in [1.165, 1.54) is 12.1 Å². The molecule has 1 N–H and O–H groups in total. The zero-order chi connectivity index (χ0) is 10.6. The summed E-state index contributed by atoms with van der Waals surface area (Å²) < 4.78 is 0. The van der Waals surface area contributed by atoms with Gasteiger partial charge in [0.2, 0.25) is 0 Å². The van der Waals surface area contributed by atoms with Crippen molar-refractivity contribution >= 4 is 11.5 Å². The van der Waals surface area contributed by atoms with E-state index < -0.39 is 4.92 Å². The summed E-state index contributed by atoms with van der Waals surface area (Å²) in [5.41, 5.74) is 0.383. The summed E-state index contributed by atoms with van der Waals surface area (Å²) in [6.45, 7) is 1.93. The van der Waals surface area contributed by atoms with Gasteiger partial charge in [0, 0.05) is 6.07 Å². The number of rotatable bonds is 3. The van der Waals surface area contributed by atoms with Crippen LogP contribution in [0.3, 0.4) is 0 Å². The highest BCUT2D eigenvalue weighted by atomic mass is 16.6. The largest absolute Gasteiger partial charge is 0.359 e. The van der Waals surface area contributed by atoms with Crippen molar-refractivity contribution in [3.63, 3.8) is 0 Å². The molecule has 14 heavy (non-hydrogen) atoms. The standard InChI is InChI=1S/C9H9N3O2/c1-3-6-10-9-5-4-8(12(13)14)7(2)11-9/h1,4-5H,6H2,2H3,(H,10,11). The third-order valence-corrected chi connectivity index (χ3v) is 1.63. The minimum Gasteiger partial charge on any atom is -0.359 e. The zero-order valence-corrected chi connectivity index (χ0v) is 7.65. The normalized spacial score (nSPS) is 9.14. The molecular weight excluding hydrogens is 182 g/mol. The number of hydrogen-bond donors (Lipinski definition) is 1. The van der Waals surface area contributed by atoms with Crippen molar-refractivity contribution in [1.29, 1.82) is 0 Å². The van der Waals surface area contributed by atoms with Gasteiger partial charge in [-0.25, -0.2) is 4.98 Å². The number of aromatic nitrogens is 1. The number of hydrogen-bond acceptors (Lipinski definition) is 4. The lowest BCUT2D eigenvalue weighted by Gasteiger charge is -2.02. The maximum Gasteiger partial charge on any atom is 0.290 e. The van der Waals surface area contributed by atoms with Crippen LogP contribution in [0, 0.1) is 29.4 Å². The van der Waals surface area contributed by atoms with E-state index in [-0.39, 0.29) is 5.69 Å². The molecule has 5 heteroatoms. The first-order valence-electron chi connectivity index (χ1n) is 3.94. The Labute approximate surface area is 81.3 Å². The van der Waals surface area contributed by atoms with Gasteiger partial charge >= 0.3 is 0 Å². The van der Waals surface area contributed by atoms with Crippen LogP contribution in [0.5, 0.6) is 0 Å². The van der Waals surface area contributed by atoms with Gasteiger partial charge in [0.1, 0.15) is 11.5 Å². The van der Waals surface area contributed by atoms with E-state index in [0.29, 0.717) is 18.1 Å². The number of nitro groups is 1. The number of nitrogens with zero attached hydrogens (tertiary/aromatic N) is 2. The third-order valence-electron chi connectivity index (χ3n) is 1.63. The fourth-order valence-electron chi connectivity index (χ4n) is 0.987. The van der Waals surface area contributed by atoms with Gasteiger partial charge in [-0.3, -0.25) is 10.1 Å². The van der Waals surface area contributed by atoms with Crippen LogP contribution in [0.1, 0.15) is 5.69 Å². The van der Waals surface area contributed by atoms with Gasteiger partial charge < -0.3 is 5.32 Å². The molecule has 1 heterocycles. The molecule has 0 saturated heterocycles. The van der Waals surface area contributed by atoms with Crippen LogP contribution in [-0.2, 0) is 0 Å². The smallest absolute Gasteiger partial charge is 0.290 e. The zero-order valence-electron chi connectivity index (χ0n) is 7.65. The lowest BCUT2D eigenvalue weighted by molar-refractivity contribution is -0.385. The van der Waals surface area contributed by atoms with Gasteiger partial charge in [0.15, 0.2) is 0 Å². The Balaban J connectivity index is 2.90. The summed E-state index contributed by atoms with van der Waals surface area (Å²) >= 11 is 0. The highest BCUT2D eigenvalue weighted by Crippen LogP contribution is 2.17. The third kappa shape index (κ3) is 2.20. The molecule has 0 atom stereocenters. The van der Waals surface area contributed by atoms with E-state index in [9.17, 15) is 10.1 Å². The lowest BCUT2D eigenvalue weighted by atomic mass is 10.3. The molecule has 72 valence electrons. The predicted octanol–water partition coefficient (Wildman–Crippen LogP) is 1.34. The Bertz CT molecular complexity index is 396. The van der Waals surface area contributed by atoms with Crippen LogP contribution in [0.4, 0.5) is 11.5 Å². The monoisotopic (exact) mass is 191 g/mol. The molecule has 0 fully saturated rings. The first kappa shape index (κ1) is 9.99. The van der Waals surface area contributed by atoms with Gasteiger partial charge in [-0.2, -0.15) is 0 Å². The summed E-state index contributed by atoms with van der Waals surface area (Å²) in [6.07, 6.45) is 5.04. The van der Waals surface area contributed by atoms with E-state index in [0.717, 1.165) is 0 Å². The van der Waals surface area contributed by atoms with Gasteiger partial charge in [-0.05, 0) is 13.0 Å². The minimum absolute atomic E-state index is 0.0104. The molecule has 0 bridgehead atoms. The molecule has 0 spiro atoms. The Morgan fingerprint density at radius 3 is 2.93 bits per heavy atom. The highest BCUT2D eigenvalue weighted by molar-refractivity contribution is 5.45. The molecule has 0 saturated carbocycles. The lowest BCUT2D eigenvalue weighted by Crippen LogP contribution is -2.02. The number of pyridine rings is 1. The molecular formula is C9H9N3O2. The molecule has 0 aliphatic rings. The number of aryl methyl sites for hydroxylation is 1. The Kier molecular flexibility index (Phi) is 3.02. The number of terminal acetylenes is 1. The van der Waals surface area contributed by atoms with Crippen molar-refractivity contribution < 1.29 is 4.92 Å². The fourth-order valence-corrected chi connectivity index (χ4v) is 0.987. The average molecular weight is 191 g/mol. The molecule has 1 aromatic rings. The van der Waals surface area contributed by atoms with Crippen LogP contribution in [-0.4, -0.2) is 16.5 Å². The number of nitrogens with one attached hydrogen (secondary N) is 1. The Hall–Kier alpha value is -2.09. The van der Waals surface area contributed by atoms with Crippen LogP contribution in [0.2, 0.25) is 0 Å². The number of anilines is 1. The fraction of sp³-hybridized carbons (Fsp3) is 0.222. The maximum atomic E-state index is 10.5. The molecule has 5 nitrogen and oxygen atoms in total. The van der Waals surface area contributed by atoms with Crippen molar-refractivity contribution in [2.24, 2.45) is 0 Å². The SMILES string of the molecule is C#CCNc1ccc([N+](=O)[O-])c(C)n1. The molecule has 1 aromatic heterocycles. The molecule has 0 aliphatic heterocycles. The van der Waals surface area contributed by atoms with Crippen LogP contribution in [0.25, 0.3) is 0 Å². The van der Waals surface area contributed by atoms with Crippen molar-refractivity contribution in [3.8, 4) is 12.3 Å². The molecule has 0 aliphatic carbocycles. The minimum atomic E-state index is -0.465. The van der Waals surface area contributed by atoms with E-state index in [1.807, 2.05) is 0 Å². The first-order chi connectivity index (χ1) is 6.65. The predicted molar refractivity (Wildman–Crippen MR) is 53.0 cm³/mol. The van der Waals surface area contributed by atoms with Crippen molar-refractivity contribution in [3.05, 3.63) is 27.9 Å². The van der Waals surface area contributed by atoms with Crippen molar-refractivity contribution in [1.82, 2.24) is 4.98 Å². The van der Waals surface area contributed by atoms with E-state index >= 15 is 0 Å². The van der Waals surface area contributed by atoms with Crippen LogP contribution < -0.4 is 5.32 Å². The van der Waals surface area contributed by atoms with Gasteiger partial charge in [-0.15, -0.1) is 6.42 Å². The Morgan fingerprint density at radius 1 is 1.71 bits per heavy atom. The topological polar surface area (TPSA) is 68.1 Å². The summed E-state index contributed by atoms with van der Waals surface area (Å²) in [5.74, 6) is 2.94. The van der Waals surface area contributed by atoms with Crippen LogP contribution >= 0.6 is 0 Å². The second-order valence-corrected chi connectivity index (χ2v) is 2.62. The van der Waals surface area contributed by atoms with Gasteiger partial charge in [0.25, 0.3) is 5.69 Å². The average Bonchev–Trinajstić information content (AvgIpc) is 2.14. The second kappa shape index (κ2) is 4.23. The molecule has 0 unspecified atom stereocenters. The molecule has 0 aromatic carbocycles. The van der Waals surface area contributed by atoms with Crippen molar-refractivity contribution in [2.45, 2.75) is 6.92 Å². The van der Waals surface area contributed by atoms with E-state index in [2.05, 4.69) is 16.2 Å². The molecule has 0 radical (unpaired) electrons. The maximum absolute atomic E-state index is 10.5. The molecule has 0 amide bonds. The summed E-state index contributed by atoms with van der Waals surface area (Å²) in [7, 11) is 0. The second-order valence-electron chi connectivity index (χ2n) is 2.62. The summed E-state index contributed by atoms with van der Waals surface area (Å²) in [5, 5.41) is 13.3. The van der Waals surface area contributed by atoms with Gasteiger partial charge in [-0.1, -0.05) is 5.92 Å². The van der Waals surface area contributed by atoms with Gasteiger partial charge in [0.05, 0.1) is 11.5 Å². The van der Waals surface area contributed by atoms with Crippen LogP contribution in [0.15, 0.2) is 12.1 Å². The van der Waals surface area contributed by atoms with E-state index in [4.69, 9.17) is 6.42 Å². The quantitative estimate of drug-likeness (QED) is 0.444. The van der Waals surface area contributed by atoms with E-state index in [1.54, 1.807) is 6.92 Å². The first-order valence-corrected chi connectivity index (χ1v) is 3.94. The highest BCUT2D eigenvalue weighted by Gasteiger charge is 2.10. The Morgan fingerprint density at radius 2 is 2.43 bits per heavy atom. The summed E-state index contributed by atoms with van der Waals surface area (Å²) in [4.78, 5) is 14.0. The van der Waals surface area contributed by atoms with Crippen molar-refractivity contribution in [2.75, 3.05) is 11.9 Å². The summed E-state index contributed by atoms with van der Waals surface area (Å²) in [6, 6.07) is 2.93. The molecule has 1 rings (SSSR count).